The van der Waals surface area contributed by atoms with E-state index in [4.69, 9.17) is 4.74 Å². The van der Waals surface area contributed by atoms with E-state index in [1.807, 2.05) is 56.3 Å². The van der Waals surface area contributed by atoms with Crippen LogP contribution in [0.3, 0.4) is 0 Å². The predicted octanol–water partition coefficient (Wildman–Crippen LogP) is 4.29. The van der Waals surface area contributed by atoms with Gasteiger partial charge in [-0.2, -0.15) is 0 Å². The maximum Gasteiger partial charge on any atom is 0.251 e. The van der Waals surface area contributed by atoms with Crippen LogP contribution in [0.1, 0.15) is 27.0 Å². The smallest absolute Gasteiger partial charge is 0.251 e. The molecule has 0 aliphatic heterocycles. The van der Waals surface area contributed by atoms with Crippen LogP contribution in [0.25, 0.3) is 0 Å². The maximum atomic E-state index is 12.4. The second kappa shape index (κ2) is 10.3. The molecule has 0 aliphatic carbocycles. The molecular weight excluding hydrogens is 390 g/mol. The predicted molar refractivity (Wildman–Crippen MR) is 124 cm³/mol. The van der Waals surface area contributed by atoms with Gasteiger partial charge in [-0.1, -0.05) is 24.3 Å². The fourth-order valence-corrected chi connectivity index (χ4v) is 3.07. The van der Waals surface area contributed by atoms with Crippen LogP contribution in [0.5, 0.6) is 5.75 Å². The Morgan fingerprint density at radius 3 is 2.29 bits per heavy atom. The maximum absolute atomic E-state index is 12.4. The van der Waals surface area contributed by atoms with Crippen LogP contribution in [0, 0.1) is 13.8 Å². The van der Waals surface area contributed by atoms with Gasteiger partial charge in [0.2, 0.25) is 5.91 Å². The number of hydrogen-bond donors (Lipinski definition) is 3. The third-order valence-electron chi connectivity index (χ3n) is 5.02. The molecule has 3 rings (SSSR count). The minimum absolute atomic E-state index is 0.156. The molecule has 0 spiro atoms. The van der Waals surface area contributed by atoms with E-state index in [1.54, 1.807) is 31.4 Å². The summed E-state index contributed by atoms with van der Waals surface area (Å²) in [7, 11) is 1.60. The Morgan fingerprint density at radius 2 is 1.58 bits per heavy atom. The molecule has 3 aromatic carbocycles. The van der Waals surface area contributed by atoms with Crippen molar-refractivity contribution in [2.75, 3.05) is 24.3 Å². The van der Waals surface area contributed by atoms with Crippen LogP contribution in [0.15, 0.2) is 66.7 Å². The zero-order chi connectivity index (χ0) is 22.2. The SMILES string of the molecule is COc1ccccc1CNC(=O)c1ccc(NC(=O)CNc2ccc(C)c(C)c2)cc1. The number of amides is 2. The number of carbonyl (C=O) groups is 2. The van der Waals surface area contributed by atoms with Crippen molar-refractivity contribution < 1.29 is 14.3 Å². The molecule has 0 aromatic heterocycles. The molecule has 0 aliphatic rings. The number of anilines is 2. The summed E-state index contributed by atoms with van der Waals surface area (Å²) in [6.07, 6.45) is 0. The van der Waals surface area contributed by atoms with Crippen molar-refractivity contribution in [1.82, 2.24) is 5.32 Å². The Morgan fingerprint density at radius 1 is 0.871 bits per heavy atom. The van der Waals surface area contributed by atoms with E-state index in [1.165, 1.54) is 11.1 Å². The second-order valence-corrected chi connectivity index (χ2v) is 7.27. The lowest BCUT2D eigenvalue weighted by Crippen LogP contribution is -2.23. The van der Waals surface area contributed by atoms with Gasteiger partial charge in [0, 0.05) is 29.0 Å². The van der Waals surface area contributed by atoms with Crippen molar-refractivity contribution in [3.8, 4) is 5.75 Å². The van der Waals surface area contributed by atoms with Gasteiger partial charge in [-0.3, -0.25) is 9.59 Å². The largest absolute Gasteiger partial charge is 0.496 e. The van der Waals surface area contributed by atoms with Crippen LogP contribution < -0.4 is 20.7 Å². The zero-order valence-electron chi connectivity index (χ0n) is 18.0. The third kappa shape index (κ3) is 6.09. The first-order valence-electron chi connectivity index (χ1n) is 10.1. The van der Waals surface area contributed by atoms with Crippen LogP contribution in [0.4, 0.5) is 11.4 Å². The Hall–Kier alpha value is -3.80. The van der Waals surface area contributed by atoms with Gasteiger partial charge in [0.05, 0.1) is 13.7 Å². The first-order chi connectivity index (χ1) is 15.0. The van der Waals surface area contributed by atoms with Gasteiger partial charge in [0.15, 0.2) is 0 Å². The quantitative estimate of drug-likeness (QED) is 0.511. The fraction of sp³-hybridized carbons (Fsp3) is 0.200. The standard InChI is InChI=1S/C25H27N3O3/c1-17-8-11-22(14-18(17)2)26-16-24(29)28-21-12-9-19(10-13-21)25(30)27-15-20-6-4-5-7-23(20)31-3/h4-14,26H,15-16H2,1-3H3,(H,27,30)(H,28,29). The third-order valence-corrected chi connectivity index (χ3v) is 5.02. The number of methoxy groups -OCH3 is 1. The number of benzene rings is 3. The summed E-state index contributed by atoms with van der Waals surface area (Å²) in [5, 5.41) is 8.83. The Balaban J connectivity index is 1.50. The Kier molecular flexibility index (Phi) is 7.27. The number of para-hydroxylation sites is 1. The molecule has 0 heterocycles. The molecule has 2 amide bonds. The monoisotopic (exact) mass is 417 g/mol. The zero-order valence-corrected chi connectivity index (χ0v) is 18.0. The van der Waals surface area contributed by atoms with Crippen molar-refractivity contribution in [2.45, 2.75) is 20.4 Å². The van der Waals surface area contributed by atoms with Crippen molar-refractivity contribution in [3.05, 3.63) is 89.0 Å². The first kappa shape index (κ1) is 21.9. The molecule has 6 nitrogen and oxygen atoms in total. The highest BCUT2D eigenvalue weighted by Crippen LogP contribution is 2.17. The molecule has 31 heavy (non-hydrogen) atoms. The Bertz CT molecular complexity index is 1060. The lowest BCUT2D eigenvalue weighted by Gasteiger charge is -2.11. The average Bonchev–Trinajstić information content (AvgIpc) is 2.79. The number of aryl methyl sites for hydroxylation is 2. The molecule has 0 atom stereocenters. The van der Waals surface area contributed by atoms with Crippen LogP contribution in [-0.2, 0) is 11.3 Å². The molecule has 0 radical (unpaired) electrons. The molecule has 6 heteroatoms. The van der Waals surface area contributed by atoms with Crippen LogP contribution >= 0.6 is 0 Å². The summed E-state index contributed by atoms with van der Waals surface area (Å²) < 4.78 is 5.30. The number of carbonyl (C=O) groups excluding carboxylic acids is 2. The van der Waals surface area contributed by atoms with E-state index in [9.17, 15) is 9.59 Å². The first-order valence-corrected chi connectivity index (χ1v) is 10.1. The summed E-state index contributed by atoms with van der Waals surface area (Å²) in [6, 6.07) is 20.3. The molecular formula is C25H27N3O3. The Labute approximate surface area is 182 Å². The highest BCUT2D eigenvalue weighted by molar-refractivity contribution is 5.96. The molecule has 0 bridgehead atoms. The number of nitrogens with one attached hydrogen (secondary N) is 3. The lowest BCUT2D eigenvalue weighted by molar-refractivity contribution is -0.114. The van der Waals surface area contributed by atoms with Gasteiger partial charge in [0.1, 0.15) is 5.75 Å². The van der Waals surface area contributed by atoms with Gasteiger partial charge in [-0.05, 0) is 67.4 Å². The molecule has 3 N–H and O–H groups in total. The average molecular weight is 418 g/mol. The molecule has 3 aromatic rings. The van der Waals surface area contributed by atoms with Crippen LogP contribution in [0.2, 0.25) is 0 Å². The summed E-state index contributed by atoms with van der Waals surface area (Å²) in [5.41, 5.74) is 5.33. The van der Waals surface area contributed by atoms with Crippen LogP contribution in [-0.4, -0.2) is 25.5 Å². The van der Waals surface area contributed by atoms with Gasteiger partial charge in [-0.15, -0.1) is 0 Å². The van der Waals surface area contributed by atoms with E-state index in [0.717, 1.165) is 17.0 Å². The van der Waals surface area contributed by atoms with Crippen molar-refractivity contribution >= 4 is 23.2 Å². The van der Waals surface area contributed by atoms with E-state index in [0.29, 0.717) is 17.8 Å². The van der Waals surface area contributed by atoms with E-state index in [-0.39, 0.29) is 18.4 Å². The normalized spacial score (nSPS) is 10.3. The summed E-state index contributed by atoms with van der Waals surface area (Å²) >= 11 is 0. The van der Waals surface area contributed by atoms with Crippen molar-refractivity contribution in [2.24, 2.45) is 0 Å². The molecule has 0 unspecified atom stereocenters. The van der Waals surface area contributed by atoms with Crippen molar-refractivity contribution in [1.29, 1.82) is 0 Å². The lowest BCUT2D eigenvalue weighted by atomic mass is 10.1. The van der Waals surface area contributed by atoms with Gasteiger partial charge in [-0.25, -0.2) is 0 Å². The minimum atomic E-state index is -0.194. The summed E-state index contributed by atoms with van der Waals surface area (Å²) in [4.78, 5) is 24.6. The fourth-order valence-electron chi connectivity index (χ4n) is 3.07. The second-order valence-electron chi connectivity index (χ2n) is 7.27. The summed E-state index contributed by atoms with van der Waals surface area (Å²) in [6.45, 7) is 4.61. The van der Waals surface area contributed by atoms with E-state index < -0.39 is 0 Å². The number of rotatable bonds is 8. The molecule has 0 fully saturated rings. The summed E-state index contributed by atoms with van der Waals surface area (Å²) in [5.74, 6) is 0.377. The van der Waals surface area contributed by atoms with Crippen molar-refractivity contribution in [3.63, 3.8) is 0 Å². The topological polar surface area (TPSA) is 79.5 Å². The number of ether oxygens (including phenoxy) is 1. The molecule has 0 saturated carbocycles. The molecule has 0 saturated heterocycles. The minimum Gasteiger partial charge on any atom is -0.496 e. The van der Waals surface area contributed by atoms with Gasteiger partial charge >= 0.3 is 0 Å². The number of hydrogen-bond acceptors (Lipinski definition) is 4. The van der Waals surface area contributed by atoms with E-state index in [2.05, 4.69) is 16.0 Å². The van der Waals surface area contributed by atoms with Gasteiger partial charge in [0.25, 0.3) is 5.91 Å². The van der Waals surface area contributed by atoms with E-state index >= 15 is 0 Å². The van der Waals surface area contributed by atoms with Gasteiger partial charge < -0.3 is 20.7 Å². The highest BCUT2D eigenvalue weighted by atomic mass is 16.5. The molecule has 160 valence electrons. The highest BCUT2D eigenvalue weighted by Gasteiger charge is 2.09.